The van der Waals surface area contributed by atoms with Gasteiger partial charge in [-0.3, -0.25) is 19.0 Å². The maximum Gasteiger partial charge on any atom is 0.573 e. The molecule has 0 saturated heterocycles. The maximum atomic E-state index is 13.0. The number of pyridine rings is 1. The molecule has 2 aromatic rings. The third-order valence-corrected chi connectivity index (χ3v) is 4.26. The molecule has 8 nitrogen and oxygen atoms in total. The first-order valence-electron chi connectivity index (χ1n) is 8.55. The van der Waals surface area contributed by atoms with Gasteiger partial charge < -0.3 is 14.2 Å². The van der Waals surface area contributed by atoms with Crippen molar-refractivity contribution in [1.29, 1.82) is 0 Å². The average molecular weight is 425 g/mol. The molecule has 3 rings (SSSR count). The fraction of sp³-hybridized carbons (Fsp3) is 0.263. The Balaban J connectivity index is 2.23. The van der Waals surface area contributed by atoms with Crippen LogP contribution in [-0.2, 0) is 19.1 Å². The van der Waals surface area contributed by atoms with Crippen molar-refractivity contribution >= 4 is 34.3 Å². The monoisotopic (exact) mass is 425 g/mol. The van der Waals surface area contributed by atoms with Crippen LogP contribution in [0.1, 0.15) is 23.8 Å². The molecule has 0 radical (unpaired) electrons. The summed E-state index contributed by atoms with van der Waals surface area (Å²) in [6.07, 6.45) is -5.53. The van der Waals surface area contributed by atoms with Crippen molar-refractivity contribution in [2.24, 2.45) is 0 Å². The van der Waals surface area contributed by atoms with Gasteiger partial charge >= 0.3 is 18.3 Å². The number of hydrogen-bond acceptors (Lipinski definition) is 7. The summed E-state index contributed by atoms with van der Waals surface area (Å²) in [5.41, 5.74) is -1.46. The molecule has 2 heterocycles. The zero-order valence-electron chi connectivity index (χ0n) is 15.7. The molecular formula is C19H14F3NO7. The summed E-state index contributed by atoms with van der Waals surface area (Å²) in [6, 6.07) is 3.78. The molecule has 0 unspecified atom stereocenters. The first-order valence-corrected chi connectivity index (χ1v) is 8.55. The normalized spacial score (nSPS) is 13.4. The van der Waals surface area contributed by atoms with Gasteiger partial charge in [0.2, 0.25) is 0 Å². The van der Waals surface area contributed by atoms with E-state index in [1.807, 2.05) is 0 Å². The van der Waals surface area contributed by atoms with Crippen LogP contribution in [0, 0.1) is 0 Å². The van der Waals surface area contributed by atoms with Gasteiger partial charge in [0.1, 0.15) is 5.75 Å². The Labute approximate surface area is 166 Å². The van der Waals surface area contributed by atoms with E-state index in [-0.39, 0.29) is 34.3 Å². The Morgan fingerprint density at radius 1 is 1.13 bits per heavy atom. The van der Waals surface area contributed by atoms with Gasteiger partial charge in [0, 0.05) is 17.0 Å². The lowest BCUT2D eigenvalue weighted by atomic mass is 10.0. The van der Waals surface area contributed by atoms with Gasteiger partial charge in [-0.15, -0.1) is 13.2 Å². The van der Waals surface area contributed by atoms with E-state index in [0.29, 0.717) is 0 Å². The van der Waals surface area contributed by atoms with E-state index in [0.717, 1.165) is 35.9 Å². The average Bonchev–Trinajstić information content (AvgIpc) is 2.92. The molecule has 0 N–H and O–H groups in total. The van der Waals surface area contributed by atoms with Gasteiger partial charge in [0.25, 0.3) is 5.91 Å². The van der Waals surface area contributed by atoms with Crippen molar-refractivity contribution in [3.63, 3.8) is 0 Å². The first kappa shape index (κ1) is 21.1. The van der Waals surface area contributed by atoms with Crippen molar-refractivity contribution in [3.05, 3.63) is 45.8 Å². The Kier molecular flexibility index (Phi) is 5.38. The molecule has 158 valence electrons. The number of nitrogens with zero attached hydrogens (tertiary/aromatic N) is 1. The van der Waals surface area contributed by atoms with E-state index in [2.05, 4.69) is 9.47 Å². The molecular weight excluding hydrogens is 411 g/mol. The van der Waals surface area contributed by atoms with Crippen LogP contribution in [0.25, 0.3) is 16.5 Å². The van der Waals surface area contributed by atoms with Crippen molar-refractivity contribution in [1.82, 2.24) is 4.57 Å². The van der Waals surface area contributed by atoms with Crippen molar-refractivity contribution in [3.8, 4) is 5.75 Å². The van der Waals surface area contributed by atoms with Gasteiger partial charge in [-0.25, -0.2) is 4.79 Å². The predicted molar refractivity (Wildman–Crippen MR) is 95.7 cm³/mol. The summed E-state index contributed by atoms with van der Waals surface area (Å²) in [5, 5.41) is -0.239. The second-order valence-corrected chi connectivity index (χ2v) is 6.09. The number of carbonyl (C=O) groups is 3. The molecule has 0 atom stereocenters. The van der Waals surface area contributed by atoms with Crippen LogP contribution in [0.5, 0.6) is 5.75 Å². The molecule has 1 aliphatic rings. The molecule has 11 heteroatoms. The van der Waals surface area contributed by atoms with Crippen molar-refractivity contribution in [2.45, 2.75) is 19.7 Å². The summed E-state index contributed by atoms with van der Waals surface area (Å²) >= 11 is 0. The third kappa shape index (κ3) is 3.78. The lowest BCUT2D eigenvalue weighted by Crippen LogP contribution is -2.19. The number of hydrogen-bond donors (Lipinski definition) is 0. The molecule has 1 aromatic carbocycles. The highest BCUT2D eigenvalue weighted by atomic mass is 19.4. The van der Waals surface area contributed by atoms with E-state index in [1.54, 1.807) is 0 Å². The Morgan fingerprint density at radius 2 is 1.83 bits per heavy atom. The highest BCUT2D eigenvalue weighted by Crippen LogP contribution is 2.34. The van der Waals surface area contributed by atoms with Crippen LogP contribution in [0.4, 0.5) is 13.2 Å². The van der Waals surface area contributed by atoms with Crippen molar-refractivity contribution < 1.29 is 41.8 Å². The topological polar surface area (TPSA) is 101 Å². The lowest BCUT2D eigenvalue weighted by Gasteiger charge is -2.12. The van der Waals surface area contributed by atoms with E-state index >= 15 is 0 Å². The standard InChI is InChI=1S/C19H14F3NO7/c1-3-29-18(27)16-11(7-15(25)28-2)17(26)23-12-5-4-9(30-19(20,21)22)6-10(12)14(24)8-13(16)23/h4-6,8H,3,7H2,1-2H3. The number of alkyl halides is 3. The quantitative estimate of drug-likeness (QED) is 0.679. The van der Waals surface area contributed by atoms with Crippen LogP contribution in [0.15, 0.2) is 34.6 Å². The smallest absolute Gasteiger partial charge is 0.469 e. The summed E-state index contributed by atoms with van der Waals surface area (Å²) in [4.78, 5) is 49.7. The Morgan fingerprint density at radius 3 is 2.43 bits per heavy atom. The number of benzene rings is 1. The van der Waals surface area contributed by atoms with Gasteiger partial charge in [0.15, 0.2) is 5.43 Å². The molecule has 1 aliphatic heterocycles. The van der Waals surface area contributed by atoms with Crippen LogP contribution in [0.2, 0.25) is 0 Å². The second-order valence-electron chi connectivity index (χ2n) is 6.09. The molecule has 0 amide bonds. The van der Waals surface area contributed by atoms with Crippen LogP contribution >= 0.6 is 0 Å². The fourth-order valence-corrected chi connectivity index (χ4v) is 3.11. The van der Waals surface area contributed by atoms with E-state index in [9.17, 15) is 32.3 Å². The van der Waals surface area contributed by atoms with Crippen LogP contribution in [0.3, 0.4) is 0 Å². The molecule has 0 aliphatic carbocycles. The highest BCUT2D eigenvalue weighted by Gasteiger charge is 2.37. The fourth-order valence-electron chi connectivity index (χ4n) is 3.11. The summed E-state index contributed by atoms with van der Waals surface area (Å²) < 4.78 is 51.7. The molecule has 0 fully saturated rings. The number of methoxy groups -OCH3 is 1. The van der Waals surface area contributed by atoms with Crippen LogP contribution in [-0.4, -0.2) is 42.5 Å². The third-order valence-electron chi connectivity index (χ3n) is 4.26. The number of esters is 2. The molecule has 0 saturated carbocycles. The van der Waals surface area contributed by atoms with Crippen LogP contribution < -0.4 is 10.2 Å². The largest absolute Gasteiger partial charge is 0.573 e. The van der Waals surface area contributed by atoms with Gasteiger partial charge in [-0.2, -0.15) is 0 Å². The molecule has 30 heavy (non-hydrogen) atoms. The van der Waals surface area contributed by atoms with Gasteiger partial charge in [0.05, 0.1) is 36.9 Å². The molecule has 1 aromatic heterocycles. The number of halogens is 3. The highest BCUT2D eigenvalue weighted by molar-refractivity contribution is 6.29. The SMILES string of the molecule is CCOC(=O)C1=C(CC(=O)OC)C(=O)n2c1cc(=O)c1cc(OC(F)(F)F)ccc12. The Hall–Kier alpha value is -3.63. The molecule has 0 bridgehead atoms. The van der Waals surface area contributed by atoms with E-state index in [1.165, 1.54) is 6.92 Å². The lowest BCUT2D eigenvalue weighted by molar-refractivity contribution is -0.274. The minimum absolute atomic E-state index is 0.0298. The van der Waals surface area contributed by atoms with E-state index < -0.39 is 41.8 Å². The zero-order chi connectivity index (χ0) is 22.2. The van der Waals surface area contributed by atoms with E-state index in [4.69, 9.17) is 4.74 Å². The maximum absolute atomic E-state index is 13.0. The molecule has 0 spiro atoms. The number of aromatic nitrogens is 1. The minimum Gasteiger partial charge on any atom is -0.469 e. The van der Waals surface area contributed by atoms with Gasteiger partial charge in [-0.1, -0.05) is 0 Å². The number of ether oxygens (including phenoxy) is 3. The van der Waals surface area contributed by atoms with Crippen molar-refractivity contribution in [2.75, 3.05) is 13.7 Å². The number of fused-ring (bicyclic) bond motifs is 3. The second kappa shape index (κ2) is 7.65. The number of carbonyl (C=O) groups excluding carboxylic acids is 3. The number of rotatable bonds is 5. The summed E-state index contributed by atoms with van der Waals surface area (Å²) in [7, 11) is 1.10. The Bertz CT molecular complexity index is 1160. The minimum atomic E-state index is -4.97. The van der Waals surface area contributed by atoms with Gasteiger partial charge in [-0.05, 0) is 25.1 Å². The summed E-state index contributed by atoms with van der Waals surface area (Å²) in [5.74, 6) is -3.17. The zero-order valence-corrected chi connectivity index (χ0v) is 15.7. The first-order chi connectivity index (χ1) is 14.1. The summed E-state index contributed by atoms with van der Waals surface area (Å²) in [6.45, 7) is 1.50. The predicted octanol–water partition coefficient (Wildman–Crippen LogP) is 2.43.